The fourth-order valence-corrected chi connectivity index (χ4v) is 3.67. The van der Waals surface area contributed by atoms with Crippen LogP contribution in [0.15, 0.2) is 48.0 Å². The molecule has 0 bridgehead atoms. The van der Waals surface area contributed by atoms with Gasteiger partial charge in [-0.15, -0.1) is 11.3 Å². The Bertz CT molecular complexity index is 920. The average Bonchev–Trinajstić information content (AvgIpc) is 3.11. The van der Waals surface area contributed by atoms with Crippen molar-refractivity contribution in [2.75, 3.05) is 0 Å². The molecule has 2 heterocycles. The van der Waals surface area contributed by atoms with Crippen molar-refractivity contribution in [2.45, 2.75) is 19.9 Å². The van der Waals surface area contributed by atoms with Crippen molar-refractivity contribution in [2.24, 2.45) is 0 Å². The highest BCUT2D eigenvalue weighted by Crippen LogP contribution is 2.24. The molecule has 2 aromatic heterocycles. The van der Waals surface area contributed by atoms with E-state index in [4.69, 9.17) is 0 Å². The van der Waals surface area contributed by atoms with Crippen LogP contribution in [-0.4, -0.2) is 14.8 Å². The van der Waals surface area contributed by atoms with Crippen molar-refractivity contribution in [3.8, 4) is 0 Å². The second-order valence-corrected chi connectivity index (χ2v) is 6.05. The minimum atomic E-state index is 0.894. The maximum Gasteiger partial charge on any atom is 0.0814 e. The molecule has 0 fully saturated rings. The summed E-state index contributed by atoms with van der Waals surface area (Å²) in [6.07, 6.45) is 0.977. The summed E-state index contributed by atoms with van der Waals surface area (Å²) in [6, 6.07) is 14.8. The molecule has 0 aliphatic carbocycles. The van der Waals surface area contributed by atoms with Crippen molar-refractivity contribution in [3.63, 3.8) is 0 Å². The summed E-state index contributed by atoms with van der Waals surface area (Å²) in [6.45, 7) is 2.97. The molecule has 0 spiro atoms. The van der Waals surface area contributed by atoms with Crippen molar-refractivity contribution >= 4 is 32.5 Å². The molecule has 0 saturated heterocycles. The number of hydrogen-bond acceptors (Lipinski definition) is 3. The lowest BCUT2D eigenvalue weighted by molar-refractivity contribution is 0.632. The van der Waals surface area contributed by atoms with Gasteiger partial charge in [0.2, 0.25) is 0 Å². The Morgan fingerprint density at radius 2 is 2.00 bits per heavy atom. The minimum absolute atomic E-state index is 0.894. The van der Waals surface area contributed by atoms with Gasteiger partial charge in [-0.1, -0.05) is 30.3 Å². The molecule has 0 amide bonds. The number of thiazole rings is 1. The Balaban J connectivity index is 1.68. The summed E-state index contributed by atoms with van der Waals surface area (Å²) < 4.78 is 3.41. The van der Waals surface area contributed by atoms with Crippen molar-refractivity contribution in [3.05, 3.63) is 59.2 Å². The van der Waals surface area contributed by atoms with Crippen LogP contribution < -0.4 is 0 Å². The highest BCUT2D eigenvalue weighted by molar-refractivity contribution is 7.16. The van der Waals surface area contributed by atoms with Gasteiger partial charge in [-0.25, -0.2) is 4.98 Å². The number of benzene rings is 2. The van der Waals surface area contributed by atoms with E-state index in [1.807, 2.05) is 5.51 Å². The molecule has 0 saturated carbocycles. The van der Waals surface area contributed by atoms with Gasteiger partial charge < -0.3 is 0 Å². The van der Waals surface area contributed by atoms with Crippen LogP contribution in [0.3, 0.4) is 0 Å². The first-order valence-corrected chi connectivity index (χ1v) is 7.94. The standard InChI is InChI=1S/C17H15N3S/c1-12-14-6-2-3-8-16(14)20(19-12)10-9-13-5-4-7-15-17(13)21-11-18-15/h2-8,11H,9-10H2,1H3. The predicted molar refractivity (Wildman–Crippen MR) is 87.8 cm³/mol. The van der Waals surface area contributed by atoms with Crippen molar-refractivity contribution < 1.29 is 0 Å². The Morgan fingerprint density at radius 1 is 1.10 bits per heavy atom. The molecule has 0 unspecified atom stereocenters. The molecular formula is C17H15N3S. The van der Waals surface area contributed by atoms with Gasteiger partial charge in [0, 0.05) is 11.9 Å². The number of aromatic nitrogens is 3. The van der Waals surface area contributed by atoms with Crippen molar-refractivity contribution in [1.82, 2.24) is 14.8 Å². The van der Waals surface area contributed by atoms with E-state index in [2.05, 4.69) is 64.2 Å². The zero-order valence-electron chi connectivity index (χ0n) is 11.8. The van der Waals surface area contributed by atoms with Crippen LogP contribution in [0.4, 0.5) is 0 Å². The lowest BCUT2D eigenvalue weighted by atomic mass is 10.1. The van der Waals surface area contributed by atoms with E-state index in [1.54, 1.807) is 11.3 Å². The zero-order valence-corrected chi connectivity index (χ0v) is 12.6. The summed E-state index contributed by atoms with van der Waals surface area (Å²) in [5.41, 5.74) is 6.68. The van der Waals surface area contributed by atoms with Crippen LogP contribution in [-0.2, 0) is 13.0 Å². The zero-order chi connectivity index (χ0) is 14.2. The Labute approximate surface area is 126 Å². The summed E-state index contributed by atoms with van der Waals surface area (Å²) in [4.78, 5) is 4.38. The highest BCUT2D eigenvalue weighted by Gasteiger charge is 2.08. The van der Waals surface area contributed by atoms with Crippen LogP contribution in [0.2, 0.25) is 0 Å². The third-order valence-electron chi connectivity index (χ3n) is 3.87. The smallest absolute Gasteiger partial charge is 0.0814 e. The molecule has 3 nitrogen and oxygen atoms in total. The molecule has 0 aliphatic rings. The van der Waals surface area contributed by atoms with Gasteiger partial charge in [0.15, 0.2) is 0 Å². The molecule has 21 heavy (non-hydrogen) atoms. The SMILES string of the molecule is Cc1nn(CCc2cccc3ncsc23)c2ccccc12. The van der Waals surface area contributed by atoms with Gasteiger partial charge in [-0.3, -0.25) is 4.68 Å². The second kappa shape index (κ2) is 4.97. The summed E-state index contributed by atoms with van der Waals surface area (Å²) in [5, 5.41) is 5.92. The first kappa shape index (κ1) is 12.5. The van der Waals surface area contributed by atoms with E-state index in [0.717, 1.165) is 24.2 Å². The van der Waals surface area contributed by atoms with E-state index < -0.39 is 0 Å². The quantitative estimate of drug-likeness (QED) is 0.567. The van der Waals surface area contributed by atoms with Gasteiger partial charge >= 0.3 is 0 Å². The largest absolute Gasteiger partial charge is 0.264 e. The molecule has 0 atom stereocenters. The van der Waals surface area contributed by atoms with E-state index in [1.165, 1.54) is 21.2 Å². The molecule has 4 heteroatoms. The molecule has 4 aromatic rings. The van der Waals surface area contributed by atoms with Crippen LogP contribution in [0.5, 0.6) is 0 Å². The maximum atomic E-state index is 4.68. The second-order valence-electron chi connectivity index (χ2n) is 5.19. The number of fused-ring (bicyclic) bond motifs is 2. The van der Waals surface area contributed by atoms with Crippen molar-refractivity contribution in [1.29, 1.82) is 0 Å². The predicted octanol–water partition coefficient (Wildman–Crippen LogP) is 4.20. The molecule has 104 valence electrons. The van der Waals surface area contributed by atoms with Crippen LogP contribution in [0.1, 0.15) is 11.3 Å². The Morgan fingerprint density at radius 3 is 2.95 bits per heavy atom. The van der Waals surface area contributed by atoms with Gasteiger partial charge in [-0.05, 0) is 31.0 Å². The summed E-state index contributed by atoms with van der Waals surface area (Å²) >= 11 is 1.72. The minimum Gasteiger partial charge on any atom is -0.264 e. The monoisotopic (exact) mass is 293 g/mol. The fraction of sp³-hybridized carbons (Fsp3) is 0.176. The molecule has 0 aliphatic heterocycles. The van der Waals surface area contributed by atoms with Gasteiger partial charge in [0.25, 0.3) is 0 Å². The average molecular weight is 293 g/mol. The molecule has 4 rings (SSSR count). The van der Waals surface area contributed by atoms with Crippen LogP contribution in [0.25, 0.3) is 21.1 Å². The summed E-state index contributed by atoms with van der Waals surface area (Å²) in [5.74, 6) is 0. The third-order valence-corrected chi connectivity index (χ3v) is 4.79. The van der Waals surface area contributed by atoms with E-state index in [0.29, 0.717) is 0 Å². The highest BCUT2D eigenvalue weighted by atomic mass is 32.1. The summed E-state index contributed by atoms with van der Waals surface area (Å²) in [7, 11) is 0. The van der Waals surface area contributed by atoms with Gasteiger partial charge in [0.1, 0.15) is 0 Å². The van der Waals surface area contributed by atoms with Gasteiger partial charge in [-0.2, -0.15) is 5.10 Å². The number of hydrogen-bond donors (Lipinski definition) is 0. The third kappa shape index (κ3) is 2.12. The first-order chi connectivity index (χ1) is 10.3. The molecule has 2 aromatic carbocycles. The Kier molecular flexibility index (Phi) is 2.97. The van der Waals surface area contributed by atoms with Gasteiger partial charge in [0.05, 0.1) is 26.9 Å². The molecule has 0 N–H and O–H groups in total. The molecule has 0 radical (unpaired) electrons. The number of nitrogens with zero attached hydrogens (tertiary/aromatic N) is 3. The van der Waals surface area contributed by atoms with Crippen LogP contribution in [0, 0.1) is 6.92 Å². The fourth-order valence-electron chi connectivity index (χ4n) is 2.83. The van der Waals surface area contributed by atoms with E-state index in [9.17, 15) is 0 Å². The number of rotatable bonds is 3. The number of aryl methyl sites for hydroxylation is 3. The number of para-hydroxylation sites is 1. The van der Waals surface area contributed by atoms with E-state index >= 15 is 0 Å². The lowest BCUT2D eigenvalue weighted by Gasteiger charge is -2.05. The first-order valence-electron chi connectivity index (χ1n) is 7.06. The molecular weight excluding hydrogens is 278 g/mol. The topological polar surface area (TPSA) is 30.7 Å². The lowest BCUT2D eigenvalue weighted by Crippen LogP contribution is -2.03. The Hall–Kier alpha value is -2.20. The normalized spacial score (nSPS) is 11.5. The maximum absolute atomic E-state index is 4.68. The van der Waals surface area contributed by atoms with E-state index in [-0.39, 0.29) is 0 Å². The van der Waals surface area contributed by atoms with Crippen LogP contribution >= 0.6 is 11.3 Å².